The Labute approximate surface area is 79.9 Å². The molecular weight excluding hydrogens is 168 g/mol. The van der Waals surface area contributed by atoms with Crippen molar-refractivity contribution in [2.24, 2.45) is 5.41 Å². The summed E-state index contributed by atoms with van der Waals surface area (Å²) in [4.78, 5) is 0. The van der Waals surface area contributed by atoms with E-state index in [-0.39, 0.29) is 11.5 Å². The summed E-state index contributed by atoms with van der Waals surface area (Å²) in [6.07, 6.45) is 3.69. The summed E-state index contributed by atoms with van der Waals surface area (Å²) in [7, 11) is 0. The van der Waals surface area contributed by atoms with Gasteiger partial charge < -0.3 is 5.11 Å². The van der Waals surface area contributed by atoms with Crippen molar-refractivity contribution in [2.45, 2.75) is 51.4 Å². The number of rotatable bonds is 1. The standard InChI is InChI=1S/C10H20OS/c1-10(2,3)9(11)8-6-4-5-7-12-8/h8-9,11H,4-7H2,1-3H3. The number of aliphatic hydroxyl groups is 1. The van der Waals surface area contributed by atoms with Crippen LogP contribution in [0.4, 0.5) is 0 Å². The Kier molecular flexibility index (Phi) is 3.47. The van der Waals surface area contributed by atoms with Gasteiger partial charge in [0.1, 0.15) is 0 Å². The molecule has 1 fully saturated rings. The minimum absolute atomic E-state index is 0.0506. The summed E-state index contributed by atoms with van der Waals surface area (Å²) in [5.41, 5.74) is 0.0506. The molecule has 0 aromatic rings. The highest BCUT2D eigenvalue weighted by Gasteiger charge is 2.31. The van der Waals surface area contributed by atoms with Crippen molar-refractivity contribution in [2.75, 3.05) is 5.75 Å². The van der Waals surface area contributed by atoms with Crippen LogP contribution in [-0.4, -0.2) is 22.2 Å². The first kappa shape index (κ1) is 10.4. The average molecular weight is 188 g/mol. The molecule has 0 bridgehead atoms. The van der Waals surface area contributed by atoms with Crippen molar-refractivity contribution in [3.05, 3.63) is 0 Å². The van der Waals surface area contributed by atoms with Gasteiger partial charge in [-0.3, -0.25) is 0 Å². The number of thioether (sulfide) groups is 1. The fourth-order valence-corrected chi connectivity index (χ4v) is 3.17. The topological polar surface area (TPSA) is 20.2 Å². The van der Waals surface area contributed by atoms with Gasteiger partial charge in [0.25, 0.3) is 0 Å². The van der Waals surface area contributed by atoms with Gasteiger partial charge in [0.15, 0.2) is 0 Å². The summed E-state index contributed by atoms with van der Waals surface area (Å²) in [5.74, 6) is 1.23. The first-order chi connectivity index (χ1) is 5.52. The summed E-state index contributed by atoms with van der Waals surface area (Å²) in [6, 6.07) is 0. The zero-order valence-corrected chi connectivity index (χ0v) is 9.16. The Balaban J connectivity index is 2.45. The van der Waals surface area contributed by atoms with E-state index in [1.54, 1.807) is 0 Å². The zero-order valence-electron chi connectivity index (χ0n) is 8.34. The van der Waals surface area contributed by atoms with Crippen molar-refractivity contribution in [3.63, 3.8) is 0 Å². The average Bonchev–Trinajstić information content (AvgIpc) is 2.03. The largest absolute Gasteiger partial charge is 0.391 e. The van der Waals surface area contributed by atoms with Crippen LogP contribution in [0.1, 0.15) is 40.0 Å². The predicted octanol–water partition coefficient (Wildman–Crippen LogP) is 2.68. The van der Waals surface area contributed by atoms with Gasteiger partial charge in [0, 0.05) is 5.25 Å². The van der Waals surface area contributed by atoms with E-state index in [9.17, 15) is 5.11 Å². The number of hydrogen-bond acceptors (Lipinski definition) is 2. The maximum absolute atomic E-state index is 9.99. The molecule has 1 heterocycles. The molecule has 1 rings (SSSR count). The van der Waals surface area contributed by atoms with Crippen molar-refractivity contribution < 1.29 is 5.11 Å². The molecule has 0 spiro atoms. The first-order valence-corrected chi connectivity index (χ1v) is 5.86. The van der Waals surface area contributed by atoms with Crippen LogP contribution in [0.25, 0.3) is 0 Å². The van der Waals surface area contributed by atoms with Crippen LogP contribution in [0.2, 0.25) is 0 Å². The third-order valence-corrected chi connectivity index (χ3v) is 3.90. The lowest BCUT2D eigenvalue weighted by Crippen LogP contribution is -2.37. The van der Waals surface area contributed by atoms with Crippen LogP contribution in [0.15, 0.2) is 0 Å². The maximum Gasteiger partial charge on any atom is 0.0706 e. The second-order valence-corrected chi connectivity index (χ2v) is 6.06. The maximum atomic E-state index is 9.99. The predicted molar refractivity (Wildman–Crippen MR) is 55.6 cm³/mol. The molecule has 2 unspecified atom stereocenters. The number of hydrogen-bond donors (Lipinski definition) is 1. The normalized spacial score (nSPS) is 28.5. The van der Waals surface area contributed by atoms with Gasteiger partial charge in [0.05, 0.1) is 6.10 Å². The van der Waals surface area contributed by atoms with E-state index in [0.29, 0.717) is 5.25 Å². The van der Waals surface area contributed by atoms with E-state index >= 15 is 0 Å². The molecule has 0 radical (unpaired) electrons. The Bertz CT molecular complexity index is 133. The second-order valence-electron chi connectivity index (χ2n) is 4.72. The summed E-state index contributed by atoms with van der Waals surface area (Å²) in [6.45, 7) is 6.35. The van der Waals surface area contributed by atoms with Gasteiger partial charge in [-0.2, -0.15) is 11.8 Å². The smallest absolute Gasteiger partial charge is 0.0706 e. The Morgan fingerprint density at radius 3 is 2.42 bits per heavy atom. The summed E-state index contributed by atoms with van der Waals surface area (Å²) in [5, 5.41) is 10.5. The highest BCUT2D eigenvalue weighted by atomic mass is 32.2. The van der Waals surface area contributed by atoms with E-state index in [4.69, 9.17) is 0 Å². The molecular formula is C10H20OS. The molecule has 0 aliphatic carbocycles. The third kappa shape index (κ3) is 2.67. The molecule has 1 N–H and O–H groups in total. The quantitative estimate of drug-likeness (QED) is 0.682. The highest BCUT2D eigenvalue weighted by molar-refractivity contribution is 8.00. The lowest BCUT2D eigenvalue weighted by atomic mass is 9.85. The van der Waals surface area contributed by atoms with Gasteiger partial charge in [-0.25, -0.2) is 0 Å². The van der Waals surface area contributed by atoms with Crippen LogP contribution in [0.3, 0.4) is 0 Å². The molecule has 12 heavy (non-hydrogen) atoms. The summed E-state index contributed by atoms with van der Waals surface area (Å²) < 4.78 is 0. The highest BCUT2D eigenvalue weighted by Crippen LogP contribution is 2.34. The Morgan fingerprint density at radius 1 is 1.33 bits per heavy atom. The van der Waals surface area contributed by atoms with Crippen molar-refractivity contribution >= 4 is 11.8 Å². The van der Waals surface area contributed by atoms with Crippen molar-refractivity contribution in [1.82, 2.24) is 0 Å². The van der Waals surface area contributed by atoms with Crippen LogP contribution in [-0.2, 0) is 0 Å². The first-order valence-electron chi connectivity index (χ1n) is 4.81. The van der Waals surface area contributed by atoms with Gasteiger partial charge in [-0.15, -0.1) is 0 Å². The van der Waals surface area contributed by atoms with Crippen molar-refractivity contribution in [1.29, 1.82) is 0 Å². The van der Waals surface area contributed by atoms with E-state index in [2.05, 4.69) is 20.8 Å². The van der Waals surface area contributed by atoms with Gasteiger partial charge in [0.2, 0.25) is 0 Å². The van der Waals surface area contributed by atoms with Gasteiger partial charge in [-0.1, -0.05) is 27.2 Å². The number of aliphatic hydroxyl groups excluding tert-OH is 1. The van der Waals surface area contributed by atoms with Gasteiger partial charge in [-0.05, 0) is 24.0 Å². The molecule has 1 aliphatic rings. The molecule has 0 aromatic heterocycles. The Morgan fingerprint density at radius 2 is 2.00 bits per heavy atom. The monoisotopic (exact) mass is 188 g/mol. The molecule has 1 saturated heterocycles. The van der Waals surface area contributed by atoms with Crippen LogP contribution < -0.4 is 0 Å². The minimum Gasteiger partial charge on any atom is -0.391 e. The second kappa shape index (κ2) is 4.01. The molecule has 1 nitrogen and oxygen atoms in total. The molecule has 2 heteroatoms. The van der Waals surface area contributed by atoms with Crippen LogP contribution >= 0.6 is 11.8 Å². The summed E-state index contributed by atoms with van der Waals surface area (Å²) >= 11 is 1.95. The molecule has 0 amide bonds. The van der Waals surface area contributed by atoms with E-state index in [1.807, 2.05) is 11.8 Å². The molecule has 72 valence electrons. The lowest BCUT2D eigenvalue weighted by molar-refractivity contribution is 0.0580. The molecule has 1 aliphatic heterocycles. The van der Waals surface area contributed by atoms with E-state index in [1.165, 1.54) is 25.0 Å². The fraction of sp³-hybridized carbons (Fsp3) is 1.00. The molecule has 2 atom stereocenters. The van der Waals surface area contributed by atoms with Crippen LogP contribution in [0.5, 0.6) is 0 Å². The van der Waals surface area contributed by atoms with Crippen LogP contribution in [0, 0.1) is 5.41 Å². The van der Waals surface area contributed by atoms with Gasteiger partial charge >= 0.3 is 0 Å². The molecule has 0 aromatic carbocycles. The van der Waals surface area contributed by atoms with Crippen molar-refractivity contribution in [3.8, 4) is 0 Å². The Hall–Kier alpha value is 0.310. The third-order valence-electron chi connectivity index (χ3n) is 2.45. The van der Waals surface area contributed by atoms with E-state index in [0.717, 1.165) is 0 Å². The zero-order chi connectivity index (χ0) is 9.19. The lowest BCUT2D eigenvalue weighted by Gasteiger charge is -2.34. The fourth-order valence-electron chi connectivity index (χ4n) is 1.57. The van der Waals surface area contributed by atoms with E-state index < -0.39 is 0 Å². The molecule has 0 saturated carbocycles. The minimum atomic E-state index is -0.136. The SMILES string of the molecule is CC(C)(C)C(O)C1CCCCS1.